The molecule has 144 valence electrons. The standard InChI is InChI=1S/C20H33N5O/c1-6-21-20(24(5)16-17-11-9-13-23(17)4)22-15-18(25(7-2)8-3)19-12-10-14-26-19/h9-14,18H,6-8,15-16H2,1-5H3,(H,21,22). The molecule has 6 heteroatoms. The van der Waals surface area contributed by atoms with Gasteiger partial charge in [0.15, 0.2) is 5.96 Å². The molecule has 0 amide bonds. The average Bonchev–Trinajstić information content (AvgIpc) is 3.30. The first-order valence-corrected chi connectivity index (χ1v) is 9.47. The number of hydrogen-bond acceptors (Lipinski definition) is 3. The Balaban J connectivity index is 2.15. The van der Waals surface area contributed by atoms with Crippen LogP contribution in [-0.2, 0) is 13.6 Å². The third-order valence-corrected chi connectivity index (χ3v) is 4.69. The number of aliphatic imine (C=N–C) groups is 1. The van der Waals surface area contributed by atoms with Crippen LogP contribution in [0.2, 0.25) is 0 Å². The van der Waals surface area contributed by atoms with Gasteiger partial charge in [-0.15, -0.1) is 0 Å². The van der Waals surface area contributed by atoms with Crippen LogP contribution in [-0.4, -0.2) is 53.6 Å². The smallest absolute Gasteiger partial charge is 0.194 e. The van der Waals surface area contributed by atoms with Gasteiger partial charge in [-0.3, -0.25) is 9.89 Å². The van der Waals surface area contributed by atoms with E-state index in [9.17, 15) is 0 Å². The second-order valence-electron chi connectivity index (χ2n) is 6.41. The molecule has 0 saturated heterocycles. The molecule has 0 aliphatic carbocycles. The summed E-state index contributed by atoms with van der Waals surface area (Å²) >= 11 is 0. The summed E-state index contributed by atoms with van der Waals surface area (Å²) in [6, 6.07) is 8.35. The van der Waals surface area contributed by atoms with Gasteiger partial charge < -0.3 is 19.2 Å². The number of aromatic nitrogens is 1. The van der Waals surface area contributed by atoms with Crippen molar-refractivity contribution >= 4 is 5.96 Å². The number of hydrogen-bond donors (Lipinski definition) is 1. The van der Waals surface area contributed by atoms with Crippen LogP contribution >= 0.6 is 0 Å². The van der Waals surface area contributed by atoms with Crippen molar-refractivity contribution in [3.05, 3.63) is 48.2 Å². The number of aryl methyl sites for hydroxylation is 1. The zero-order valence-electron chi connectivity index (χ0n) is 16.8. The Morgan fingerprint density at radius 1 is 1.23 bits per heavy atom. The molecule has 6 nitrogen and oxygen atoms in total. The maximum Gasteiger partial charge on any atom is 0.194 e. The molecule has 2 aromatic rings. The lowest BCUT2D eigenvalue weighted by Gasteiger charge is -2.28. The zero-order valence-corrected chi connectivity index (χ0v) is 16.8. The first-order chi connectivity index (χ1) is 12.6. The van der Waals surface area contributed by atoms with Crippen LogP contribution in [0.4, 0.5) is 0 Å². The Bertz CT molecular complexity index is 658. The van der Waals surface area contributed by atoms with E-state index in [1.807, 2.05) is 12.1 Å². The minimum atomic E-state index is 0.150. The van der Waals surface area contributed by atoms with E-state index in [2.05, 4.69) is 72.9 Å². The molecule has 0 bridgehead atoms. The molecule has 26 heavy (non-hydrogen) atoms. The molecule has 2 rings (SSSR count). The van der Waals surface area contributed by atoms with Gasteiger partial charge in [0.25, 0.3) is 0 Å². The van der Waals surface area contributed by atoms with Gasteiger partial charge in [-0.2, -0.15) is 0 Å². The van der Waals surface area contributed by atoms with Crippen molar-refractivity contribution in [1.82, 2.24) is 19.7 Å². The minimum absolute atomic E-state index is 0.150. The lowest BCUT2D eigenvalue weighted by Crippen LogP contribution is -2.40. The SMILES string of the molecule is CCNC(=NCC(c1ccco1)N(CC)CC)N(C)Cc1cccn1C. The first-order valence-electron chi connectivity index (χ1n) is 9.47. The highest BCUT2D eigenvalue weighted by atomic mass is 16.3. The molecule has 2 heterocycles. The summed E-state index contributed by atoms with van der Waals surface area (Å²) in [6.45, 7) is 10.7. The Morgan fingerprint density at radius 3 is 2.54 bits per heavy atom. The van der Waals surface area contributed by atoms with E-state index >= 15 is 0 Å². The Hall–Kier alpha value is -2.21. The number of nitrogens with one attached hydrogen (secondary N) is 1. The van der Waals surface area contributed by atoms with E-state index in [4.69, 9.17) is 9.41 Å². The van der Waals surface area contributed by atoms with Crippen LogP contribution in [0.15, 0.2) is 46.1 Å². The summed E-state index contributed by atoms with van der Waals surface area (Å²) in [6.07, 6.45) is 3.81. The van der Waals surface area contributed by atoms with Gasteiger partial charge in [-0.25, -0.2) is 0 Å². The van der Waals surface area contributed by atoms with E-state index in [1.54, 1.807) is 6.26 Å². The van der Waals surface area contributed by atoms with E-state index in [0.29, 0.717) is 6.54 Å². The van der Waals surface area contributed by atoms with Crippen LogP contribution in [0.25, 0.3) is 0 Å². The molecule has 1 atom stereocenters. The van der Waals surface area contributed by atoms with Gasteiger partial charge in [-0.1, -0.05) is 13.8 Å². The fraction of sp³-hybridized carbons (Fsp3) is 0.550. The first kappa shape index (κ1) is 20.1. The topological polar surface area (TPSA) is 48.9 Å². The molecule has 0 fully saturated rings. The lowest BCUT2D eigenvalue weighted by atomic mass is 10.2. The number of guanidine groups is 1. The Morgan fingerprint density at radius 2 is 2.00 bits per heavy atom. The summed E-state index contributed by atoms with van der Waals surface area (Å²) in [7, 11) is 4.15. The molecule has 0 saturated carbocycles. The fourth-order valence-corrected chi connectivity index (χ4v) is 3.15. The molecular weight excluding hydrogens is 326 g/mol. The second kappa shape index (κ2) is 10.1. The number of likely N-dealkylation sites (N-methyl/N-ethyl adjacent to an activating group) is 1. The molecule has 1 N–H and O–H groups in total. The molecule has 0 aromatic carbocycles. The summed E-state index contributed by atoms with van der Waals surface area (Å²) in [5.74, 6) is 1.88. The average molecular weight is 360 g/mol. The van der Waals surface area contributed by atoms with Crippen molar-refractivity contribution in [2.75, 3.05) is 33.2 Å². The van der Waals surface area contributed by atoms with Crippen LogP contribution in [0.5, 0.6) is 0 Å². The van der Waals surface area contributed by atoms with Crippen molar-refractivity contribution in [2.45, 2.75) is 33.4 Å². The second-order valence-corrected chi connectivity index (χ2v) is 6.41. The highest BCUT2D eigenvalue weighted by Gasteiger charge is 2.21. The third kappa shape index (κ3) is 5.14. The molecule has 0 aliphatic heterocycles. The van der Waals surface area contributed by atoms with Gasteiger partial charge in [-0.05, 0) is 44.3 Å². The summed E-state index contributed by atoms with van der Waals surface area (Å²) < 4.78 is 7.83. The fourth-order valence-electron chi connectivity index (χ4n) is 3.15. The van der Waals surface area contributed by atoms with E-state index in [0.717, 1.165) is 37.9 Å². The monoisotopic (exact) mass is 359 g/mol. The molecule has 0 spiro atoms. The summed E-state index contributed by atoms with van der Waals surface area (Å²) in [4.78, 5) is 9.46. The van der Waals surface area contributed by atoms with Crippen LogP contribution in [0.3, 0.4) is 0 Å². The van der Waals surface area contributed by atoms with Gasteiger partial charge in [0, 0.05) is 32.5 Å². The van der Waals surface area contributed by atoms with Crippen LogP contribution < -0.4 is 5.32 Å². The van der Waals surface area contributed by atoms with Crippen LogP contribution in [0.1, 0.15) is 38.3 Å². The zero-order chi connectivity index (χ0) is 18.9. The molecule has 2 aromatic heterocycles. The van der Waals surface area contributed by atoms with Gasteiger partial charge in [0.1, 0.15) is 5.76 Å². The predicted molar refractivity (Wildman–Crippen MR) is 107 cm³/mol. The maximum absolute atomic E-state index is 5.69. The Kier molecular flexibility index (Phi) is 7.78. The van der Waals surface area contributed by atoms with Crippen molar-refractivity contribution < 1.29 is 4.42 Å². The van der Waals surface area contributed by atoms with E-state index in [-0.39, 0.29) is 6.04 Å². The molecule has 0 radical (unpaired) electrons. The van der Waals surface area contributed by atoms with Crippen LogP contribution in [0, 0.1) is 0 Å². The summed E-state index contributed by atoms with van der Waals surface area (Å²) in [5, 5.41) is 3.41. The van der Waals surface area contributed by atoms with Gasteiger partial charge in [0.2, 0.25) is 0 Å². The minimum Gasteiger partial charge on any atom is -0.468 e. The van der Waals surface area contributed by atoms with Crippen molar-refractivity contribution in [3.8, 4) is 0 Å². The normalized spacial score (nSPS) is 13.2. The van der Waals surface area contributed by atoms with Crippen molar-refractivity contribution in [3.63, 3.8) is 0 Å². The highest BCUT2D eigenvalue weighted by Crippen LogP contribution is 2.21. The largest absolute Gasteiger partial charge is 0.468 e. The highest BCUT2D eigenvalue weighted by molar-refractivity contribution is 5.79. The quantitative estimate of drug-likeness (QED) is 0.552. The number of nitrogens with zero attached hydrogens (tertiary/aromatic N) is 4. The Labute approximate surface area is 157 Å². The van der Waals surface area contributed by atoms with E-state index < -0.39 is 0 Å². The summed E-state index contributed by atoms with van der Waals surface area (Å²) in [5.41, 5.74) is 1.25. The third-order valence-electron chi connectivity index (χ3n) is 4.69. The van der Waals surface area contributed by atoms with Crippen molar-refractivity contribution in [1.29, 1.82) is 0 Å². The van der Waals surface area contributed by atoms with E-state index in [1.165, 1.54) is 5.69 Å². The maximum atomic E-state index is 5.69. The number of furan rings is 1. The molecule has 1 unspecified atom stereocenters. The van der Waals surface area contributed by atoms with Crippen molar-refractivity contribution in [2.24, 2.45) is 12.0 Å². The predicted octanol–water partition coefficient (Wildman–Crippen LogP) is 3.10. The van der Waals surface area contributed by atoms with Gasteiger partial charge >= 0.3 is 0 Å². The number of rotatable bonds is 9. The lowest BCUT2D eigenvalue weighted by molar-refractivity contribution is 0.198. The molecular formula is C20H33N5O. The van der Waals surface area contributed by atoms with Gasteiger partial charge in [0.05, 0.1) is 25.4 Å². The molecule has 0 aliphatic rings.